The molecule has 6 heteroatoms. The number of benzene rings is 2. The molecule has 0 aliphatic carbocycles. The smallest absolute Gasteiger partial charge is 0.395 e. The van der Waals surface area contributed by atoms with E-state index in [0.29, 0.717) is 11.2 Å². The number of fused-ring (bicyclic) bond motifs is 2. The summed E-state index contributed by atoms with van der Waals surface area (Å²) in [6.07, 6.45) is 43.9. The van der Waals surface area contributed by atoms with Crippen molar-refractivity contribution < 1.29 is 12.6 Å². The third-order valence-electron chi connectivity index (χ3n) is 13.4. The number of hydrogen-bond acceptors (Lipinski definition) is 4. The molecule has 3 rings (SSSR count). The first-order chi connectivity index (χ1) is 29.0. The predicted octanol–water partition coefficient (Wildman–Crippen LogP) is 22.0. The summed E-state index contributed by atoms with van der Waals surface area (Å²) in [7, 11) is 0.783. The van der Waals surface area contributed by atoms with Crippen LogP contribution in [0.4, 0.5) is 4.20 Å². The lowest BCUT2D eigenvalue weighted by atomic mass is 9.79. The molecule has 0 N–H and O–H groups in total. The van der Waals surface area contributed by atoms with Gasteiger partial charge in [0, 0.05) is 0 Å². The molecule has 0 fully saturated rings. The van der Waals surface area contributed by atoms with Gasteiger partial charge in [-0.25, -0.2) is 0 Å². The maximum atomic E-state index is 15.7. The lowest BCUT2D eigenvalue weighted by molar-refractivity contribution is 0.441. The van der Waals surface area contributed by atoms with Crippen molar-refractivity contribution in [3.05, 3.63) is 46.5 Å². The molecule has 0 spiro atoms. The van der Waals surface area contributed by atoms with Gasteiger partial charge in [-0.15, -0.1) is 4.20 Å². The van der Waals surface area contributed by atoms with E-state index in [2.05, 4.69) is 79.7 Å². The van der Waals surface area contributed by atoms with E-state index in [-0.39, 0.29) is 10.8 Å². The zero-order valence-electron chi connectivity index (χ0n) is 40.4. The molecular formula is C54H92FO2PS2. The summed E-state index contributed by atoms with van der Waals surface area (Å²) in [5.74, 6) is 0. The van der Waals surface area contributed by atoms with Gasteiger partial charge in [0.25, 0.3) is 0 Å². The Kier molecular flexibility index (Phi) is 27.2. The molecule has 0 saturated carbocycles. The summed E-state index contributed by atoms with van der Waals surface area (Å²) in [6, 6.07) is 9.01. The van der Waals surface area contributed by atoms with Crippen LogP contribution in [0.1, 0.15) is 269 Å². The molecule has 0 radical (unpaired) electrons. The summed E-state index contributed by atoms with van der Waals surface area (Å²) in [4.78, 5) is 0. The molecule has 1 aromatic heterocycles. The molecule has 0 amide bonds. The molecule has 2 aromatic carbocycles. The molecule has 0 unspecified atom stereocenters. The molecule has 0 saturated heterocycles. The Hall–Kier alpha value is -1.29. The number of hydrogen-bond donors (Lipinski definition) is 0. The van der Waals surface area contributed by atoms with Crippen LogP contribution in [0.5, 0.6) is 0 Å². The van der Waals surface area contributed by atoms with Crippen LogP contribution in [-0.2, 0) is 10.8 Å². The predicted molar refractivity (Wildman–Crippen MR) is 271 cm³/mol. The molecular weight excluding hydrogens is 795 g/mol. The number of unbranched alkanes of at least 4 members (excludes halogenated alkanes) is 28. The maximum absolute atomic E-state index is 15.7. The van der Waals surface area contributed by atoms with Gasteiger partial charge in [0.05, 0.1) is 9.40 Å². The van der Waals surface area contributed by atoms with Crippen molar-refractivity contribution in [2.45, 2.75) is 272 Å². The van der Waals surface area contributed by atoms with Crippen molar-refractivity contribution in [2.24, 2.45) is 0 Å². The van der Waals surface area contributed by atoms with Gasteiger partial charge in [-0.1, -0.05) is 267 Å². The van der Waals surface area contributed by atoms with Gasteiger partial charge in [-0.2, -0.15) is 0 Å². The molecule has 2 nitrogen and oxygen atoms in total. The van der Waals surface area contributed by atoms with Gasteiger partial charge in [0.2, 0.25) is 0 Å². The summed E-state index contributed by atoms with van der Waals surface area (Å²) >= 11 is 0. The van der Waals surface area contributed by atoms with E-state index < -0.39 is 8.32 Å². The Balaban J connectivity index is 1.51. The van der Waals surface area contributed by atoms with Crippen LogP contribution >= 0.6 is 29.0 Å². The fourth-order valence-electron chi connectivity index (χ4n) is 9.04. The van der Waals surface area contributed by atoms with Crippen LogP contribution < -0.4 is 0 Å². The summed E-state index contributed by atoms with van der Waals surface area (Å²) in [5, 5.41) is 0. The fourth-order valence-corrected chi connectivity index (χ4v) is 12.3. The average molecular weight is 887 g/mol. The Morgan fingerprint density at radius 3 is 0.933 bits per heavy atom. The van der Waals surface area contributed by atoms with Gasteiger partial charge in [-0.3, -0.25) is 0 Å². The van der Waals surface area contributed by atoms with Crippen LogP contribution in [0.15, 0.2) is 32.7 Å². The summed E-state index contributed by atoms with van der Waals surface area (Å²) < 4.78 is 29.7. The zero-order valence-corrected chi connectivity index (χ0v) is 42.9. The monoisotopic (exact) mass is 887 g/mol. The first kappa shape index (κ1) is 53.1. The third-order valence-corrected chi connectivity index (χ3v) is 16.4. The van der Waals surface area contributed by atoms with Gasteiger partial charge in [0.1, 0.15) is 0 Å². The first-order valence-corrected chi connectivity index (χ1v) is 28.7. The van der Waals surface area contributed by atoms with Crippen molar-refractivity contribution in [3.63, 3.8) is 0 Å². The van der Waals surface area contributed by atoms with Crippen molar-refractivity contribution in [1.29, 1.82) is 0 Å². The first-order valence-electron chi connectivity index (χ1n) is 25.4. The average Bonchev–Trinajstić information content (AvgIpc) is 3.28. The topological polar surface area (TPSA) is 26.3 Å². The van der Waals surface area contributed by atoms with Crippen LogP contribution in [0.25, 0.3) is 20.6 Å². The minimum atomic E-state index is -2.61. The number of rotatable bonds is 34. The number of aryl methyl sites for hydroxylation is 2. The van der Waals surface area contributed by atoms with Crippen LogP contribution in [0.2, 0.25) is 0 Å². The van der Waals surface area contributed by atoms with E-state index >= 15 is 4.20 Å². The molecule has 0 aliphatic rings. The lowest BCUT2D eigenvalue weighted by Crippen LogP contribution is -2.17. The summed E-state index contributed by atoms with van der Waals surface area (Å²) in [5.41, 5.74) is 5.95. The molecule has 3 aromatic rings. The third kappa shape index (κ3) is 20.9. The lowest BCUT2D eigenvalue weighted by Gasteiger charge is -2.26. The van der Waals surface area contributed by atoms with Crippen molar-refractivity contribution in [2.75, 3.05) is 0 Å². The van der Waals surface area contributed by atoms with Crippen LogP contribution in [-0.4, -0.2) is 0 Å². The van der Waals surface area contributed by atoms with Crippen molar-refractivity contribution >= 4 is 49.6 Å². The quantitative estimate of drug-likeness (QED) is 0.0441. The Bertz CT molecular complexity index is 1540. The SMILES string of the molecule is CCCCCCCCCCCCCCCCCC(C)(C)c1cc(C)c2op(F)oc3c(C)cc(C(C)(C)CCCCCCCCCCCCCCCCC)cc3ssc2c1. The molecule has 0 atom stereocenters. The van der Waals surface area contributed by atoms with Crippen molar-refractivity contribution in [1.82, 2.24) is 0 Å². The highest BCUT2D eigenvalue weighted by Gasteiger charge is 2.23. The van der Waals surface area contributed by atoms with Gasteiger partial charge >= 0.3 is 8.32 Å². The molecule has 60 heavy (non-hydrogen) atoms. The highest BCUT2D eigenvalue weighted by molar-refractivity contribution is 7.73. The minimum absolute atomic E-state index is 0.0373. The fraction of sp³-hybridized carbons (Fsp3) is 0.778. The maximum Gasteiger partial charge on any atom is 0.430 e. The van der Waals surface area contributed by atoms with Crippen LogP contribution in [0, 0.1) is 13.8 Å². The van der Waals surface area contributed by atoms with Crippen LogP contribution in [0.3, 0.4) is 0 Å². The normalized spacial score (nSPS) is 12.2. The van der Waals surface area contributed by atoms with E-state index in [1.54, 1.807) is 20.7 Å². The largest absolute Gasteiger partial charge is 0.430 e. The van der Waals surface area contributed by atoms with E-state index in [1.165, 1.54) is 204 Å². The Morgan fingerprint density at radius 1 is 0.417 bits per heavy atom. The minimum Gasteiger partial charge on any atom is -0.395 e. The van der Waals surface area contributed by atoms with E-state index in [9.17, 15) is 0 Å². The standard InChI is InChI=1S/C54H92FO2PS2/c1-9-11-13-15-17-19-21-23-25-27-29-31-33-35-37-39-53(5,6)47-41-45(3)51-49(43-47)59-60-50-44-48(42-46(4)52(50)57-58(55)56-51)54(7,8)40-38-36-34-32-30-28-26-24-22-20-18-16-14-12-10-2/h41-44H,9-40H2,1-8H3. The number of halogens is 1. The highest BCUT2D eigenvalue weighted by atomic mass is 32.9. The zero-order chi connectivity index (χ0) is 43.5. The Morgan fingerprint density at radius 2 is 0.667 bits per heavy atom. The van der Waals surface area contributed by atoms with Crippen molar-refractivity contribution in [3.8, 4) is 0 Å². The van der Waals surface area contributed by atoms with Gasteiger partial charge < -0.3 is 8.39 Å². The highest BCUT2D eigenvalue weighted by Crippen LogP contribution is 2.41. The second-order valence-electron chi connectivity index (χ2n) is 20.0. The second-order valence-corrected chi connectivity index (χ2v) is 23.0. The van der Waals surface area contributed by atoms with E-state index in [4.69, 9.17) is 8.39 Å². The van der Waals surface area contributed by atoms with Gasteiger partial charge in [-0.05, 0) is 71.9 Å². The van der Waals surface area contributed by atoms with E-state index in [0.717, 1.165) is 33.4 Å². The molecule has 1 heterocycles. The molecule has 344 valence electrons. The van der Waals surface area contributed by atoms with Gasteiger partial charge in [0.15, 0.2) is 11.2 Å². The molecule has 0 bridgehead atoms. The summed E-state index contributed by atoms with van der Waals surface area (Å²) in [6.45, 7) is 18.2. The van der Waals surface area contributed by atoms with E-state index in [1.807, 2.05) is 0 Å². The Labute approximate surface area is 378 Å². The second kappa shape index (κ2) is 30.7. The molecule has 0 aliphatic heterocycles.